The van der Waals surface area contributed by atoms with Gasteiger partial charge >= 0.3 is 0 Å². The smallest absolute Gasteiger partial charge is 0.217 e. The van der Waals surface area contributed by atoms with Gasteiger partial charge in [0.2, 0.25) is 5.69 Å². The van der Waals surface area contributed by atoms with Crippen LogP contribution in [0.5, 0.6) is 0 Å². The standard InChI is InChI=1S/C35H35N2/c1-34(2)28-22-20-25-15-11-13-17-27(25)33(28)37(6)30(34)18-8-7-9-19-31-35(3,4)32-26-16-12-10-14-24(26)21-23-29(32)36(31)5/h7-23H,1-6H3/q+1. The summed E-state index contributed by atoms with van der Waals surface area (Å²) >= 11 is 0. The van der Waals surface area contributed by atoms with Crippen molar-refractivity contribution in [3.05, 3.63) is 120 Å². The lowest BCUT2D eigenvalue weighted by Gasteiger charge is -2.24. The zero-order valence-electron chi connectivity index (χ0n) is 22.7. The van der Waals surface area contributed by atoms with Gasteiger partial charge in [-0.3, -0.25) is 0 Å². The largest absolute Gasteiger partial charge is 0.347 e. The van der Waals surface area contributed by atoms with Crippen molar-refractivity contribution in [2.24, 2.45) is 0 Å². The van der Waals surface area contributed by atoms with Gasteiger partial charge in [0.1, 0.15) is 7.05 Å². The monoisotopic (exact) mass is 483 g/mol. The van der Waals surface area contributed by atoms with E-state index in [0.717, 1.165) is 0 Å². The molecule has 2 nitrogen and oxygen atoms in total. The summed E-state index contributed by atoms with van der Waals surface area (Å²) in [6, 6.07) is 26.5. The van der Waals surface area contributed by atoms with Crippen LogP contribution in [-0.4, -0.2) is 24.4 Å². The number of hydrogen-bond donors (Lipinski definition) is 0. The van der Waals surface area contributed by atoms with Gasteiger partial charge in [0.25, 0.3) is 0 Å². The van der Waals surface area contributed by atoms with Gasteiger partial charge in [-0.05, 0) is 53.8 Å². The van der Waals surface area contributed by atoms with Crippen LogP contribution in [0, 0.1) is 0 Å². The molecule has 2 heterocycles. The van der Waals surface area contributed by atoms with Gasteiger partial charge in [-0.25, -0.2) is 0 Å². The lowest BCUT2D eigenvalue weighted by molar-refractivity contribution is -0.399. The van der Waals surface area contributed by atoms with E-state index in [-0.39, 0.29) is 10.8 Å². The number of benzene rings is 4. The number of likely N-dealkylation sites (N-methyl/N-ethyl adjacent to an activating group) is 1. The fraction of sp³-hybridized carbons (Fsp3) is 0.229. The number of allylic oxidation sites excluding steroid dienone is 6. The molecular weight excluding hydrogens is 448 g/mol. The lowest BCUT2D eigenvalue weighted by atomic mass is 9.80. The molecule has 6 rings (SSSR count). The molecule has 37 heavy (non-hydrogen) atoms. The minimum Gasteiger partial charge on any atom is -0.347 e. The van der Waals surface area contributed by atoms with Crippen molar-refractivity contribution in [3.8, 4) is 0 Å². The normalized spacial score (nSPS) is 19.2. The highest BCUT2D eigenvalue weighted by molar-refractivity contribution is 6.07. The number of nitrogens with zero attached hydrogens (tertiary/aromatic N) is 2. The minimum atomic E-state index is -0.0654. The summed E-state index contributed by atoms with van der Waals surface area (Å²) in [7, 11) is 4.38. The molecule has 2 aliphatic rings. The van der Waals surface area contributed by atoms with Crippen LogP contribution < -0.4 is 4.90 Å². The number of hydrogen-bond acceptors (Lipinski definition) is 1. The Kier molecular flexibility index (Phi) is 5.28. The van der Waals surface area contributed by atoms with Gasteiger partial charge in [0, 0.05) is 35.5 Å². The first-order chi connectivity index (χ1) is 17.7. The van der Waals surface area contributed by atoms with Gasteiger partial charge in [0.05, 0.1) is 10.8 Å². The predicted molar refractivity (Wildman–Crippen MR) is 160 cm³/mol. The molecule has 4 aromatic carbocycles. The van der Waals surface area contributed by atoms with Gasteiger partial charge in [-0.15, -0.1) is 0 Å². The van der Waals surface area contributed by atoms with Crippen LogP contribution in [-0.2, 0) is 10.8 Å². The van der Waals surface area contributed by atoms with Crippen molar-refractivity contribution < 1.29 is 4.58 Å². The Labute approximate surface area is 220 Å². The van der Waals surface area contributed by atoms with E-state index in [2.05, 4.69) is 154 Å². The van der Waals surface area contributed by atoms with E-state index in [1.165, 1.54) is 55.5 Å². The van der Waals surface area contributed by atoms with Crippen molar-refractivity contribution in [2.45, 2.75) is 38.5 Å². The molecule has 0 unspecified atom stereocenters. The highest BCUT2D eigenvalue weighted by Crippen LogP contribution is 2.50. The molecule has 184 valence electrons. The third kappa shape index (κ3) is 3.43. The van der Waals surface area contributed by atoms with E-state index in [1.807, 2.05) is 0 Å². The molecule has 0 saturated carbocycles. The molecule has 4 aromatic rings. The third-order valence-electron chi connectivity index (χ3n) is 8.54. The Balaban J connectivity index is 1.32. The fourth-order valence-corrected chi connectivity index (χ4v) is 6.67. The third-order valence-corrected chi connectivity index (χ3v) is 8.54. The molecule has 0 amide bonds. The van der Waals surface area contributed by atoms with Gasteiger partial charge < -0.3 is 4.90 Å². The second-order valence-corrected chi connectivity index (χ2v) is 11.4. The molecule has 0 N–H and O–H groups in total. The second-order valence-electron chi connectivity index (χ2n) is 11.4. The molecule has 0 fully saturated rings. The summed E-state index contributed by atoms with van der Waals surface area (Å²) in [6.07, 6.45) is 11.1. The average molecular weight is 484 g/mol. The van der Waals surface area contributed by atoms with Crippen molar-refractivity contribution >= 4 is 38.6 Å². The van der Waals surface area contributed by atoms with Crippen LogP contribution in [0.2, 0.25) is 0 Å². The molecule has 2 heteroatoms. The van der Waals surface area contributed by atoms with E-state index >= 15 is 0 Å². The first-order valence-corrected chi connectivity index (χ1v) is 13.2. The maximum atomic E-state index is 2.37. The highest BCUT2D eigenvalue weighted by atomic mass is 15.2. The predicted octanol–water partition coefficient (Wildman–Crippen LogP) is 8.42. The fourth-order valence-electron chi connectivity index (χ4n) is 6.67. The zero-order valence-corrected chi connectivity index (χ0v) is 22.7. The van der Waals surface area contributed by atoms with Gasteiger partial charge in [-0.2, -0.15) is 4.58 Å². The van der Waals surface area contributed by atoms with E-state index in [0.29, 0.717) is 0 Å². The van der Waals surface area contributed by atoms with Crippen LogP contribution in [0.3, 0.4) is 0 Å². The Morgan fingerprint density at radius 2 is 1.35 bits per heavy atom. The quantitative estimate of drug-likeness (QED) is 0.209. The van der Waals surface area contributed by atoms with Crippen molar-refractivity contribution in [1.82, 2.24) is 0 Å². The maximum absolute atomic E-state index is 2.37. The topological polar surface area (TPSA) is 6.25 Å². The van der Waals surface area contributed by atoms with E-state index in [1.54, 1.807) is 0 Å². The van der Waals surface area contributed by atoms with Crippen LogP contribution in [0.25, 0.3) is 21.5 Å². The van der Waals surface area contributed by atoms with E-state index < -0.39 is 0 Å². The van der Waals surface area contributed by atoms with Gasteiger partial charge in [0.15, 0.2) is 5.71 Å². The van der Waals surface area contributed by atoms with E-state index in [4.69, 9.17) is 0 Å². The SMILES string of the molecule is CN1C(=CC=CC=CC2=[N+](C)c3c(ccc4ccccc34)C2(C)C)C(C)(C)c2c1ccc1ccccc21. The molecule has 2 aliphatic heterocycles. The summed E-state index contributed by atoms with van der Waals surface area (Å²) in [5.41, 5.74) is 7.94. The molecule has 0 aliphatic carbocycles. The Morgan fingerprint density at radius 1 is 0.703 bits per heavy atom. The summed E-state index contributed by atoms with van der Waals surface area (Å²) in [5.74, 6) is 0. The molecular formula is C35H35N2+. The highest BCUT2D eigenvalue weighted by Gasteiger charge is 2.43. The van der Waals surface area contributed by atoms with Crippen LogP contribution in [0.15, 0.2) is 109 Å². The van der Waals surface area contributed by atoms with Gasteiger partial charge in [-0.1, -0.05) is 92.7 Å². The van der Waals surface area contributed by atoms with Crippen molar-refractivity contribution in [2.75, 3.05) is 19.0 Å². The molecule has 0 saturated heterocycles. The Hall–Kier alpha value is -3.91. The summed E-state index contributed by atoms with van der Waals surface area (Å²) in [5, 5.41) is 5.26. The molecule has 0 aromatic heterocycles. The number of anilines is 1. The molecule has 0 spiro atoms. The number of rotatable bonds is 3. The van der Waals surface area contributed by atoms with Crippen molar-refractivity contribution in [3.63, 3.8) is 0 Å². The first kappa shape index (κ1) is 23.5. The maximum Gasteiger partial charge on any atom is 0.217 e. The van der Waals surface area contributed by atoms with E-state index in [9.17, 15) is 0 Å². The second kappa shape index (κ2) is 8.31. The Bertz CT molecular complexity index is 1690. The summed E-state index contributed by atoms with van der Waals surface area (Å²) in [6.45, 7) is 9.33. The number of fused-ring (bicyclic) bond motifs is 6. The molecule has 0 bridgehead atoms. The van der Waals surface area contributed by atoms with Crippen LogP contribution >= 0.6 is 0 Å². The minimum absolute atomic E-state index is 0.0483. The van der Waals surface area contributed by atoms with Crippen LogP contribution in [0.4, 0.5) is 11.4 Å². The lowest BCUT2D eigenvalue weighted by Crippen LogP contribution is -2.26. The molecule has 0 radical (unpaired) electrons. The average Bonchev–Trinajstić information content (AvgIpc) is 3.21. The summed E-state index contributed by atoms with van der Waals surface area (Å²) < 4.78 is 2.37. The van der Waals surface area contributed by atoms with Crippen molar-refractivity contribution in [1.29, 1.82) is 0 Å². The first-order valence-electron chi connectivity index (χ1n) is 13.2. The zero-order chi connectivity index (χ0) is 25.9. The molecule has 0 atom stereocenters. The summed E-state index contributed by atoms with van der Waals surface area (Å²) in [4.78, 5) is 2.35. The Morgan fingerprint density at radius 3 is 2.11 bits per heavy atom. The van der Waals surface area contributed by atoms with Crippen LogP contribution in [0.1, 0.15) is 38.8 Å².